The van der Waals surface area contributed by atoms with Gasteiger partial charge in [0.1, 0.15) is 18.0 Å². The molecule has 1 aliphatic heterocycles. The molecular weight excluding hydrogens is 308 g/mol. The van der Waals surface area contributed by atoms with Gasteiger partial charge < -0.3 is 15.2 Å². The number of aliphatic hydroxyl groups excluding tert-OH is 1. The van der Waals surface area contributed by atoms with Crippen LogP contribution in [0, 0.1) is 0 Å². The molecule has 3 nitrogen and oxygen atoms in total. The first-order valence-corrected chi connectivity index (χ1v) is 6.47. The maximum absolute atomic E-state index is 12.1. The van der Waals surface area contributed by atoms with E-state index in [1.54, 1.807) is 0 Å². The van der Waals surface area contributed by atoms with E-state index in [4.69, 9.17) is 9.84 Å². The van der Waals surface area contributed by atoms with E-state index in [2.05, 4.69) is 21.2 Å². The van der Waals surface area contributed by atoms with Crippen molar-refractivity contribution in [3.8, 4) is 5.75 Å². The Kier molecular flexibility index (Phi) is 4.53. The van der Waals surface area contributed by atoms with Crippen LogP contribution in [0.4, 0.5) is 8.78 Å². The van der Waals surface area contributed by atoms with Crippen LogP contribution in [0.1, 0.15) is 5.56 Å². The highest BCUT2D eigenvalue weighted by Crippen LogP contribution is 2.30. The molecule has 1 aromatic carbocycles. The highest BCUT2D eigenvalue weighted by atomic mass is 79.9. The predicted octanol–water partition coefficient (Wildman–Crippen LogP) is 1.97. The molecule has 0 aliphatic carbocycles. The minimum absolute atomic E-state index is 0.0702. The van der Waals surface area contributed by atoms with Crippen molar-refractivity contribution < 1.29 is 18.6 Å². The summed E-state index contributed by atoms with van der Waals surface area (Å²) in [6, 6.07) is 5.77. The third-order valence-corrected chi connectivity index (χ3v) is 3.27. The molecule has 18 heavy (non-hydrogen) atoms. The summed E-state index contributed by atoms with van der Waals surface area (Å²) in [5.41, 5.74) is 1.10. The molecule has 1 heterocycles. The topological polar surface area (TPSA) is 41.5 Å². The standard InChI is InChI=1S/C12H14BrF2NO2/c13-8-1-2-11-7(3-8)4-9(18-11)5-16-6-10(17)12(14)15/h1-3,9-10,12,16-17H,4-6H2. The summed E-state index contributed by atoms with van der Waals surface area (Å²) in [4.78, 5) is 0. The second-order valence-corrected chi connectivity index (χ2v) is 5.17. The Morgan fingerprint density at radius 3 is 3.00 bits per heavy atom. The molecule has 0 bridgehead atoms. The molecule has 0 saturated heterocycles. The highest BCUT2D eigenvalue weighted by Gasteiger charge is 2.23. The molecule has 0 radical (unpaired) electrons. The minimum Gasteiger partial charge on any atom is -0.488 e. The van der Waals surface area contributed by atoms with Gasteiger partial charge in [-0.05, 0) is 23.8 Å². The van der Waals surface area contributed by atoms with Crippen LogP contribution in [0.25, 0.3) is 0 Å². The lowest BCUT2D eigenvalue weighted by Gasteiger charge is -2.14. The van der Waals surface area contributed by atoms with Gasteiger partial charge in [0.25, 0.3) is 6.43 Å². The Bertz CT molecular complexity index is 417. The van der Waals surface area contributed by atoms with E-state index in [1.807, 2.05) is 18.2 Å². The lowest BCUT2D eigenvalue weighted by Crippen LogP contribution is -2.37. The molecule has 100 valence electrons. The van der Waals surface area contributed by atoms with Gasteiger partial charge in [-0.3, -0.25) is 0 Å². The third-order valence-electron chi connectivity index (χ3n) is 2.78. The SMILES string of the molecule is OC(CNCC1Cc2cc(Br)ccc2O1)C(F)F. The number of fused-ring (bicyclic) bond motifs is 1. The van der Waals surface area contributed by atoms with Crippen molar-refractivity contribution >= 4 is 15.9 Å². The van der Waals surface area contributed by atoms with Crippen LogP contribution in [-0.2, 0) is 6.42 Å². The van der Waals surface area contributed by atoms with Gasteiger partial charge in [0.05, 0.1) is 0 Å². The van der Waals surface area contributed by atoms with Crippen molar-refractivity contribution in [3.05, 3.63) is 28.2 Å². The number of ether oxygens (including phenoxy) is 1. The molecule has 2 unspecified atom stereocenters. The number of alkyl halides is 2. The van der Waals surface area contributed by atoms with E-state index >= 15 is 0 Å². The number of hydrogen-bond acceptors (Lipinski definition) is 3. The van der Waals surface area contributed by atoms with Crippen LogP contribution >= 0.6 is 15.9 Å². The van der Waals surface area contributed by atoms with Gasteiger partial charge in [0, 0.05) is 24.0 Å². The predicted molar refractivity (Wildman–Crippen MR) is 67.1 cm³/mol. The molecule has 0 aromatic heterocycles. The maximum Gasteiger partial charge on any atom is 0.265 e. The van der Waals surface area contributed by atoms with Crippen LogP contribution in [0.5, 0.6) is 5.75 Å². The Labute approximate surface area is 112 Å². The monoisotopic (exact) mass is 321 g/mol. The molecule has 6 heteroatoms. The fourth-order valence-corrected chi connectivity index (χ4v) is 2.29. The zero-order chi connectivity index (χ0) is 13.1. The summed E-state index contributed by atoms with van der Waals surface area (Å²) < 4.78 is 30.8. The van der Waals surface area contributed by atoms with E-state index in [9.17, 15) is 8.78 Å². The summed E-state index contributed by atoms with van der Waals surface area (Å²) in [6.45, 7) is 0.313. The molecule has 0 amide bonds. The molecule has 0 spiro atoms. The number of hydrogen-bond donors (Lipinski definition) is 2. The molecule has 2 rings (SSSR count). The van der Waals surface area contributed by atoms with E-state index < -0.39 is 12.5 Å². The Balaban J connectivity index is 1.78. The van der Waals surface area contributed by atoms with Crippen molar-refractivity contribution in [2.45, 2.75) is 25.1 Å². The van der Waals surface area contributed by atoms with Crippen molar-refractivity contribution in [1.29, 1.82) is 0 Å². The second kappa shape index (κ2) is 5.95. The average Bonchev–Trinajstić information content (AvgIpc) is 2.70. The molecule has 0 fully saturated rings. The minimum atomic E-state index is -2.71. The van der Waals surface area contributed by atoms with E-state index in [-0.39, 0.29) is 12.6 Å². The van der Waals surface area contributed by atoms with Crippen LogP contribution in [0.2, 0.25) is 0 Å². The molecule has 1 aromatic rings. The van der Waals surface area contributed by atoms with Gasteiger partial charge in [-0.25, -0.2) is 8.78 Å². The van der Waals surface area contributed by atoms with Crippen molar-refractivity contribution in [3.63, 3.8) is 0 Å². The normalized spacial score (nSPS) is 19.7. The largest absolute Gasteiger partial charge is 0.488 e. The summed E-state index contributed by atoms with van der Waals surface area (Å²) >= 11 is 3.38. The fraction of sp³-hybridized carbons (Fsp3) is 0.500. The van der Waals surface area contributed by atoms with E-state index in [0.717, 1.165) is 22.2 Å². The Morgan fingerprint density at radius 2 is 2.28 bits per heavy atom. The van der Waals surface area contributed by atoms with Gasteiger partial charge in [0.2, 0.25) is 0 Å². The Hall–Kier alpha value is -0.720. The smallest absolute Gasteiger partial charge is 0.265 e. The third kappa shape index (κ3) is 3.40. The van der Waals surface area contributed by atoms with E-state index in [1.165, 1.54) is 0 Å². The molecular formula is C12H14BrF2NO2. The van der Waals surface area contributed by atoms with Crippen LogP contribution in [0.3, 0.4) is 0 Å². The van der Waals surface area contributed by atoms with Gasteiger partial charge in [-0.15, -0.1) is 0 Å². The van der Waals surface area contributed by atoms with Crippen LogP contribution in [-0.4, -0.2) is 36.8 Å². The second-order valence-electron chi connectivity index (χ2n) is 4.26. The van der Waals surface area contributed by atoms with Gasteiger partial charge in [0.15, 0.2) is 0 Å². The highest BCUT2D eigenvalue weighted by molar-refractivity contribution is 9.10. The number of halogens is 3. The zero-order valence-electron chi connectivity index (χ0n) is 9.57. The number of rotatable bonds is 5. The van der Waals surface area contributed by atoms with Gasteiger partial charge >= 0.3 is 0 Å². The molecule has 2 N–H and O–H groups in total. The lowest BCUT2D eigenvalue weighted by atomic mass is 10.1. The molecule has 2 atom stereocenters. The van der Waals surface area contributed by atoms with Crippen molar-refractivity contribution in [1.82, 2.24) is 5.32 Å². The summed E-state index contributed by atoms with van der Waals surface area (Å²) in [7, 11) is 0. The van der Waals surface area contributed by atoms with Crippen LogP contribution in [0.15, 0.2) is 22.7 Å². The first-order valence-electron chi connectivity index (χ1n) is 5.68. The maximum atomic E-state index is 12.1. The van der Waals surface area contributed by atoms with Crippen molar-refractivity contribution in [2.24, 2.45) is 0 Å². The molecule has 0 saturated carbocycles. The van der Waals surface area contributed by atoms with Crippen molar-refractivity contribution in [2.75, 3.05) is 13.1 Å². The zero-order valence-corrected chi connectivity index (χ0v) is 11.2. The van der Waals surface area contributed by atoms with E-state index in [0.29, 0.717) is 6.54 Å². The average molecular weight is 322 g/mol. The Morgan fingerprint density at radius 1 is 1.50 bits per heavy atom. The quantitative estimate of drug-likeness (QED) is 0.871. The van der Waals surface area contributed by atoms with Gasteiger partial charge in [-0.1, -0.05) is 15.9 Å². The lowest BCUT2D eigenvalue weighted by molar-refractivity contribution is -0.00410. The summed E-state index contributed by atoms with van der Waals surface area (Å²) in [5.74, 6) is 0.833. The molecule has 1 aliphatic rings. The number of benzene rings is 1. The summed E-state index contributed by atoms with van der Waals surface area (Å²) in [6.07, 6.45) is -3.66. The number of aliphatic hydroxyl groups is 1. The fourth-order valence-electron chi connectivity index (χ4n) is 1.88. The first-order chi connectivity index (χ1) is 8.56. The number of nitrogens with one attached hydrogen (secondary N) is 1. The van der Waals surface area contributed by atoms with Crippen LogP contribution < -0.4 is 10.1 Å². The summed E-state index contributed by atoms with van der Waals surface area (Å²) in [5, 5.41) is 11.7. The van der Waals surface area contributed by atoms with Gasteiger partial charge in [-0.2, -0.15) is 0 Å². The first kappa shape index (κ1) is 13.7.